The molecule has 4 nitrogen and oxygen atoms in total. The van der Waals surface area contributed by atoms with Crippen molar-refractivity contribution in [2.24, 2.45) is 0 Å². The van der Waals surface area contributed by atoms with E-state index in [1.807, 2.05) is 50.2 Å². The van der Waals surface area contributed by atoms with Crippen LogP contribution in [0.1, 0.15) is 51.6 Å². The van der Waals surface area contributed by atoms with Crippen molar-refractivity contribution < 1.29 is 14.3 Å². The fourth-order valence-electron chi connectivity index (χ4n) is 2.83. The molecule has 1 N–H and O–H groups in total. The molecular weight excluding hydrogens is 278 g/mol. The normalized spacial score (nSPS) is 14.5. The van der Waals surface area contributed by atoms with E-state index in [1.165, 1.54) is 0 Å². The van der Waals surface area contributed by atoms with Crippen LogP contribution in [0.4, 0.5) is 0 Å². The van der Waals surface area contributed by atoms with Crippen LogP contribution < -0.4 is 10.1 Å². The van der Waals surface area contributed by atoms with E-state index in [0.29, 0.717) is 17.7 Å². The average Bonchev–Trinajstić information content (AvgIpc) is 2.82. The van der Waals surface area contributed by atoms with Gasteiger partial charge in [0.15, 0.2) is 0 Å². The summed E-state index contributed by atoms with van der Waals surface area (Å²) in [4.78, 5) is 23.8. The molecule has 2 aromatic rings. The highest BCUT2D eigenvalue weighted by atomic mass is 16.5. The third kappa shape index (κ3) is 2.37. The molecule has 1 atom stereocenters. The number of imide groups is 1. The van der Waals surface area contributed by atoms with E-state index >= 15 is 0 Å². The Labute approximate surface area is 129 Å². The second kappa shape index (κ2) is 5.64. The van der Waals surface area contributed by atoms with Crippen molar-refractivity contribution in [3.8, 4) is 5.75 Å². The van der Waals surface area contributed by atoms with E-state index < -0.39 is 0 Å². The molecule has 3 rings (SSSR count). The van der Waals surface area contributed by atoms with Gasteiger partial charge in [0.1, 0.15) is 5.75 Å². The summed E-state index contributed by atoms with van der Waals surface area (Å²) in [6, 6.07) is 13.2. The van der Waals surface area contributed by atoms with Gasteiger partial charge in [0, 0.05) is 5.92 Å². The summed E-state index contributed by atoms with van der Waals surface area (Å²) in [5, 5.41) is 2.36. The van der Waals surface area contributed by atoms with Crippen molar-refractivity contribution in [3.63, 3.8) is 0 Å². The molecule has 1 aliphatic heterocycles. The second-order valence-corrected chi connectivity index (χ2v) is 5.28. The van der Waals surface area contributed by atoms with Crippen molar-refractivity contribution in [2.75, 3.05) is 6.61 Å². The Morgan fingerprint density at radius 3 is 2.64 bits per heavy atom. The smallest absolute Gasteiger partial charge is 0.259 e. The monoisotopic (exact) mass is 295 g/mol. The van der Waals surface area contributed by atoms with E-state index in [4.69, 9.17) is 4.74 Å². The van der Waals surface area contributed by atoms with E-state index in [2.05, 4.69) is 5.32 Å². The first-order valence-corrected chi connectivity index (χ1v) is 7.33. The maximum Gasteiger partial charge on any atom is 0.259 e. The van der Waals surface area contributed by atoms with Gasteiger partial charge in [-0.2, -0.15) is 0 Å². The quantitative estimate of drug-likeness (QED) is 0.882. The van der Waals surface area contributed by atoms with Gasteiger partial charge >= 0.3 is 0 Å². The molecule has 0 aromatic heterocycles. The Morgan fingerprint density at radius 2 is 1.86 bits per heavy atom. The summed E-state index contributed by atoms with van der Waals surface area (Å²) in [6.07, 6.45) is 0. The van der Waals surface area contributed by atoms with E-state index in [9.17, 15) is 9.59 Å². The number of benzene rings is 2. The summed E-state index contributed by atoms with van der Waals surface area (Å²) >= 11 is 0. The fraction of sp³-hybridized carbons (Fsp3) is 0.222. The predicted octanol–water partition coefficient (Wildman–Crippen LogP) is 3.12. The average molecular weight is 295 g/mol. The Hall–Kier alpha value is -2.62. The zero-order valence-electron chi connectivity index (χ0n) is 12.6. The van der Waals surface area contributed by atoms with Gasteiger partial charge < -0.3 is 4.74 Å². The standard InChI is InChI=1S/C18H17NO3/c1-3-22-13-7-4-6-12(10-13)11(2)14-8-5-9-15-16(14)18(21)19-17(15)20/h4-11H,3H2,1-2H3,(H,19,20,21). The second-order valence-electron chi connectivity index (χ2n) is 5.28. The molecule has 0 saturated heterocycles. The van der Waals surface area contributed by atoms with Gasteiger partial charge in [-0.3, -0.25) is 14.9 Å². The van der Waals surface area contributed by atoms with Gasteiger partial charge in [0.25, 0.3) is 11.8 Å². The van der Waals surface area contributed by atoms with Gasteiger partial charge in [-0.15, -0.1) is 0 Å². The highest BCUT2D eigenvalue weighted by molar-refractivity contribution is 6.22. The van der Waals surface area contributed by atoms with Gasteiger partial charge in [-0.05, 0) is 36.2 Å². The van der Waals surface area contributed by atoms with Crippen LogP contribution in [-0.4, -0.2) is 18.4 Å². The number of nitrogens with one attached hydrogen (secondary N) is 1. The molecule has 0 saturated carbocycles. The maximum absolute atomic E-state index is 12.0. The third-order valence-electron chi connectivity index (χ3n) is 3.93. The number of amides is 2. The molecule has 0 radical (unpaired) electrons. The number of fused-ring (bicyclic) bond motifs is 1. The molecule has 1 aliphatic rings. The zero-order chi connectivity index (χ0) is 15.7. The van der Waals surface area contributed by atoms with Crippen molar-refractivity contribution in [2.45, 2.75) is 19.8 Å². The minimum Gasteiger partial charge on any atom is -0.494 e. The van der Waals surface area contributed by atoms with Gasteiger partial charge in [0.2, 0.25) is 0 Å². The largest absolute Gasteiger partial charge is 0.494 e. The lowest BCUT2D eigenvalue weighted by atomic mass is 9.88. The fourth-order valence-corrected chi connectivity index (χ4v) is 2.83. The van der Waals surface area contributed by atoms with Crippen LogP contribution in [0.25, 0.3) is 0 Å². The summed E-state index contributed by atoms with van der Waals surface area (Å²) < 4.78 is 5.53. The number of rotatable bonds is 4. The molecule has 2 aromatic carbocycles. The molecule has 0 aliphatic carbocycles. The van der Waals surface area contributed by atoms with Gasteiger partial charge in [0.05, 0.1) is 17.7 Å². The van der Waals surface area contributed by atoms with Gasteiger partial charge in [-0.25, -0.2) is 0 Å². The molecule has 0 fully saturated rings. The Balaban J connectivity index is 2.04. The number of hydrogen-bond acceptors (Lipinski definition) is 3. The number of ether oxygens (including phenoxy) is 1. The predicted molar refractivity (Wildman–Crippen MR) is 83.4 cm³/mol. The first kappa shape index (κ1) is 14.3. The van der Waals surface area contributed by atoms with Gasteiger partial charge in [-0.1, -0.05) is 31.2 Å². The minimum absolute atomic E-state index is 0.00740. The lowest BCUT2D eigenvalue weighted by Crippen LogP contribution is -2.20. The molecule has 1 unspecified atom stereocenters. The summed E-state index contributed by atoms with van der Waals surface area (Å²) in [5.74, 6) is 0.160. The Morgan fingerprint density at radius 1 is 1.09 bits per heavy atom. The lowest BCUT2D eigenvalue weighted by molar-refractivity contribution is 0.0879. The minimum atomic E-state index is -0.322. The van der Waals surface area contributed by atoms with E-state index in [1.54, 1.807) is 6.07 Å². The van der Waals surface area contributed by atoms with E-state index in [0.717, 1.165) is 16.9 Å². The van der Waals surface area contributed by atoms with Crippen molar-refractivity contribution in [1.82, 2.24) is 5.32 Å². The number of carbonyl (C=O) groups is 2. The first-order valence-electron chi connectivity index (χ1n) is 7.33. The van der Waals surface area contributed by atoms with Crippen LogP contribution in [-0.2, 0) is 0 Å². The van der Waals surface area contributed by atoms with Crippen LogP contribution >= 0.6 is 0 Å². The van der Waals surface area contributed by atoms with Crippen molar-refractivity contribution in [1.29, 1.82) is 0 Å². The highest BCUT2D eigenvalue weighted by Crippen LogP contribution is 2.32. The Bertz CT molecular complexity index is 752. The number of hydrogen-bond donors (Lipinski definition) is 1. The molecule has 4 heteroatoms. The van der Waals surface area contributed by atoms with Crippen LogP contribution in [0.2, 0.25) is 0 Å². The molecule has 22 heavy (non-hydrogen) atoms. The topological polar surface area (TPSA) is 55.4 Å². The van der Waals surface area contributed by atoms with Crippen LogP contribution in [0.15, 0.2) is 42.5 Å². The lowest BCUT2D eigenvalue weighted by Gasteiger charge is -2.16. The molecule has 2 amide bonds. The highest BCUT2D eigenvalue weighted by Gasteiger charge is 2.30. The molecule has 112 valence electrons. The summed E-state index contributed by atoms with van der Waals surface area (Å²) in [7, 11) is 0. The first-order chi connectivity index (χ1) is 10.6. The van der Waals surface area contributed by atoms with Crippen LogP contribution in [0.3, 0.4) is 0 Å². The van der Waals surface area contributed by atoms with Crippen LogP contribution in [0, 0.1) is 0 Å². The van der Waals surface area contributed by atoms with Crippen molar-refractivity contribution >= 4 is 11.8 Å². The zero-order valence-corrected chi connectivity index (χ0v) is 12.6. The third-order valence-corrected chi connectivity index (χ3v) is 3.93. The van der Waals surface area contributed by atoms with Crippen LogP contribution in [0.5, 0.6) is 5.75 Å². The Kier molecular flexibility index (Phi) is 3.67. The number of carbonyl (C=O) groups excluding carboxylic acids is 2. The maximum atomic E-state index is 12.0. The summed E-state index contributed by atoms with van der Waals surface area (Å²) in [5.41, 5.74) is 2.85. The van der Waals surface area contributed by atoms with E-state index in [-0.39, 0.29) is 17.7 Å². The SMILES string of the molecule is CCOc1cccc(C(C)c2cccc3c2C(=O)NC3=O)c1. The summed E-state index contributed by atoms with van der Waals surface area (Å²) in [6.45, 7) is 4.57. The van der Waals surface area contributed by atoms with Crippen molar-refractivity contribution in [3.05, 3.63) is 64.7 Å². The molecule has 0 spiro atoms. The molecular formula is C18H17NO3. The molecule has 1 heterocycles. The molecule has 0 bridgehead atoms.